The monoisotopic (exact) mass is 444 g/mol. The molecule has 9 heteroatoms. The first-order chi connectivity index (χ1) is 14.5. The van der Waals surface area contributed by atoms with Crippen molar-refractivity contribution in [3.63, 3.8) is 0 Å². The maximum absolute atomic E-state index is 12.4. The normalized spacial score (nSPS) is 10.9. The quantitative estimate of drug-likeness (QED) is 0.140. The molecular formula is C21H21ClN4O3S. The molecule has 1 heterocycles. The summed E-state index contributed by atoms with van der Waals surface area (Å²) in [5.74, 6) is 0.432. The third-order valence-corrected chi connectivity index (χ3v) is 5.73. The fourth-order valence-electron chi connectivity index (χ4n) is 2.89. The minimum Gasteiger partial charge on any atom is -0.293 e. The number of nitro groups is 1. The summed E-state index contributed by atoms with van der Waals surface area (Å²) >= 11 is 6.96. The number of hydrogen-bond acceptors (Lipinski definition) is 6. The molecule has 156 valence electrons. The number of unbranched alkanes of at least 4 members (excludes halogenated alkanes) is 2. The van der Waals surface area contributed by atoms with E-state index in [0.717, 1.165) is 12.0 Å². The average Bonchev–Trinajstić information content (AvgIpc) is 3.22. The van der Waals surface area contributed by atoms with Crippen LogP contribution in [0.2, 0.25) is 5.02 Å². The zero-order valence-corrected chi connectivity index (χ0v) is 18.0. The van der Waals surface area contributed by atoms with Crippen LogP contribution in [-0.2, 0) is 6.42 Å². The van der Waals surface area contributed by atoms with Crippen LogP contribution in [0, 0.1) is 10.1 Å². The number of aromatic nitrogens is 3. The number of nitro benzene ring substituents is 1. The predicted molar refractivity (Wildman–Crippen MR) is 118 cm³/mol. The van der Waals surface area contributed by atoms with Crippen molar-refractivity contribution < 1.29 is 9.72 Å². The smallest absolute Gasteiger partial charge is 0.288 e. The van der Waals surface area contributed by atoms with Gasteiger partial charge < -0.3 is 0 Å². The highest BCUT2D eigenvalue weighted by atomic mass is 35.5. The number of carbonyl (C=O) groups is 1. The van der Waals surface area contributed by atoms with Crippen molar-refractivity contribution in [3.8, 4) is 11.4 Å². The Labute approximate surface area is 183 Å². The van der Waals surface area contributed by atoms with Crippen molar-refractivity contribution in [2.24, 2.45) is 0 Å². The van der Waals surface area contributed by atoms with Gasteiger partial charge in [0, 0.05) is 17.2 Å². The number of hydrogen-bond donors (Lipinski definition) is 1. The number of halogens is 1. The van der Waals surface area contributed by atoms with Crippen molar-refractivity contribution in [2.45, 2.75) is 37.8 Å². The van der Waals surface area contributed by atoms with Crippen LogP contribution in [0.3, 0.4) is 0 Å². The average molecular weight is 445 g/mol. The number of nitrogens with one attached hydrogen (secondary N) is 1. The molecule has 0 radical (unpaired) electrons. The number of benzene rings is 2. The summed E-state index contributed by atoms with van der Waals surface area (Å²) in [6, 6.07) is 12.2. The molecule has 0 bridgehead atoms. The number of rotatable bonds is 10. The van der Waals surface area contributed by atoms with Gasteiger partial charge in [-0.2, -0.15) is 0 Å². The van der Waals surface area contributed by atoms with Gasteiger partial charge in [0.25, 0.3) is 5.69 Å². The van der Waals surface area contributed by atoms with E-state index in [-0.39, 0.29) is 27.8 Å². The molecule has 1 aromatic heterocycles. The third kappa shape index (κ3) is 5.67. The molecule has 30 heavy (non-hydrogen) atoms. The van der Waals surface area contributed by atoms with Gasteiger partial charge in [-0.15, -0.1) is 5.10 Å². The topological polar surface area (TPSA) is 102 Å². The summed E-state index contributed by atoms with van der Waals surface area (Å²) in [4.78, 5) is 27.2. The van der Waals surface area contributed by atoms with E-state index in [1.165, 1.54) is 54.8 Å². The molecule has 1 N–H and O–H groups in total. The summed E-state index contributed by atoms with van der Waals surface area (Å²) < 4.78 is 0. The Kier molecular flexibility index (Phi) is 7.59. The van der Waals surface area contributed by atoms with E-state index in [0.29, 0.717) is 11.0 Å². The van der Waals surface area contributed by atoms with Crippen LogP contribution in [0.15, 0.2) is 47.6 Å². The zero-order valence-electron chi connectivity index (χ0n) is 16.4. The lowest BCUT2D eigenvalue weighted by atomic mass is 10.1. The Morgan fingerprint density at radius 3 is 2.67 bits per heavy atom. The second kappa shape index (κ2) is 10.4. The van der Waals surface area contributed by atoms with Crippen LogP contribution in [0.1, 0.15) is 42.1 Å². The summed E-state index contributed by atoms with van der Waals surface area (Å²) in [5.41, 5.74) is 2.16. The lowest BCUT2D eigenvalue weighted by Gasteiger charge is -2.02. The van der Waals surface area contributed by atoms with Gasteiger partial charge in [0.1, 0.15) is 5.02 Å². The fourth-order valence-corrected chi connectivity index (χ4v) is 3.77. The van der Waals surface area contributed by atoms with E-state index in [2.05, 4.69) is 34.2 Å². The van der Waals surface area contributed by atoms with E-state index in [9.17, 15) is 14.9 Å². The molecule has 0 saturated heterocycles. The highest BCUT2D eigenvalue weighted by Crippen LogP contribution is 2.26. The van der Waals surface area contributed by atoms with Crippen LogP contribution in [0.4, 0.5) is 5.69 Å². The van der Waals surface area contributed by atoms with Crippen molar-refractivity contribution in [1.82, 2.24) is 15.2 Å². The maximum atomic E-state index is 12.4. The minimum absolute atomic E-state index is 0.000745. The first-order valence-electron chi connectivity index (χ1n) is 9.59. The SMILES string of the molecule is CCCCCc1ccc(-c2nc(SCC(=O)c3ccc(Cl)c([N+](=O)[O-])c3)n[nH]2)cc1. The first kappa shape index (κ1) is 22.0. The molecule has 0 aliphatic rings. The van der Waals surface area contributed by atoms with Gasteiger partial charge in [0.2, 0.25) is 5.16 Å². The zero-order chi connectivity index (χ0) is 21.5. The molecule has 0 amide bonds. The molecule has 3 aromatic rings. The Bertz CT molecular complexity index is 1040. The van der Waals surface area contributed by atoms with Crippen molar-refractivity contribution in [3.05, 3.63) is 68.7 Å². The van der Waals surface area contributed by atoms with Gasteiger partial charge in [-0.25, -0.2) is 4.98 Å². The first-order valence-corrected chi connectivity index (χ1v) is 11.0. The number of Topliss-reactive ketones (excluding diaryl/α,β-unsaturated/α-hetero) is 1. The molecule has 0 fully saturated rings. The third-order valence-electron chi connectivity index (χ3n) is 4.56. The van der Waals surface area contributed by atoms with Gasteiger partial charge >= 0.3 is 0 Å². The molecule has 3 rings (SSSR count). The highest BCUT2D eigenvalue weighted by molar-refractivity contribution is 7.99. The Morgan fingerprint density at radius 2 is 1.97 bits per heavy atom. The minimum atomic E-state index is -0.608. The fraction of sp³-hybridized carbons (Fsp3) is 0.286. The van der Waals surface area contributed by atoms with Gasteiger partial charge in [0.15, 0.2) is 11.6 Å². The number of H-pyrrole nitrogens is 1. The molecule has 7 nitrogen and oxygen atoms in total. The highest BCUT2D eigenvalue weighted by Gasteiger charge is 2.17. The molecule has 0 aliphatic heterocycles. The summed E-state index contributed by atoms with van der Waals surface area (Å²) in [6.07, 6.45) is 4.68. The van der Waals surface area contributed by atoms with Crippen LogP contribution >= 0.6 is 23.4 Å². The molecule has 0 aliphatic carbocycles. The molecular weight excluding hydrogens is 424 g/mol. The van der Waals surface area contributed by atoms with Gasteiger partial charge in [-0.3, -0.25) is 20.0 Å². The van der Waals surface area contributed by atoms with E-state index in [1.807, 2.05) is 12.1 Å². The van der Waals surface area contributed by atoms with E-state index in [1.54, 1.807) is 0 Å². The molecule has 0 saturated carbocycles. The van der Waals surface area contributed by atoms with Crippen LogP contribution < -0.4 is 0 Å². The molecule has 2 aromatic carbocycles. The predicted octanol–water partition coefficient (Wildman–Crippen LogP) is 5.74. The number of aromatic amines is 1. The number of nitrogens with zero attached hydrogens (tertiary/aromatic N) is 3. The largest absolute Gasteiger partial charge is 0.293 e. The number of aryl methyl sites for hydroxylation is 1. The second-order valence-electron chi connectivity index (χ2n) is 6.76. The second-order valence-corrected chi connectivity index (χ2v) is 8.11. The van der Waals surface area contributed by atoms with Crippen LogP contribution in [-0.4, -0.2) is 31.6 Å². The Balaban J connectivity index is 1.60. The Morgan fingerprint density at radius 1 is 1.20 bits per heavy atom. The van der Waals surface area contributed by atoms with Gasteiger partial charge in [-0.05, 0) is 30.5 Å². The number of carbonyl (C=O) groups excluding carboxylic acids is 1. The van der Waals surface area contributed by atoms with Crippen molar-refractivity contribution in [2.75, 3.05) is 5.75 Å². The van der Waals surface area contributed by atoms with Gasteiger partial charge in [0.05, 0.1) is 10.7 Å². The van der Waals surface area contributed by atoms with Gasteiger partial charge in [-0.1, -0.05) is 67.4 Å². The summed E-state index contributed by atoms with van der Waals surface area (Å²) in [5, 5.41) is 18.5. The lowest BCUT2D eigenvalue weighted by molar-refractivity contribution is -0.384. The molecule has 0 spiro atoms. The van der Waals surface area contributed by atoms with E-state index < -0.39 is 4.92 Å². The number of ketones is 1. The lowest BCUT2D eigenvalue weighted by Crippen LogP contribution is -2.03. The van der Waals surface area contributed by atoms with Crippen LogP contribution in [0.5, 0.6) is 0 Å². The van der Waals surface area contributed by atoms with Crippen LogP contribution in [0.25, 0.3) is 11.4 Å². The van der Waals surface area contributed by atoms with Crippen molar-refractivity contribution >= 4 is 34.8 Å². The summed E-state index contributed by atoms with van der Waals surface area (Å²) in [7, 11) is 0. The number of thioether (sulfide) groups is 1. The standard InChI is InChI=1S/C21H21ClN4O3S/c1-2-3-4-5-14-6-8-15(9-7-14)20-23-21(25-24-20)30-13-19(27)16-10-11-17(22)18(12-16)26(28)29/h6-12H,2-5,13H2,1H3,(H,23,24,25). The molecule has 0 atom stereocenters. The molecule has 0 unspecified atom stereocenters. The van der Waals surface area contributed by atoms with Crippen molar-refractivity contribution in [1.29, 1.82) is 0 Å². The van der Waals surface area contributed by atoms with E-state index >= 15 is 0 Å². The summed E-state index contributed by atoms with van der Waals surface area (Å²) in [6.45, 7) is 2.19. The maximum Gasteiger partial charge on any atom is 0.288 e. The Hall–Kier alpha value is -2.71. The van der Waals surface area contributed by atoms with E-state index in [4.69, 9.17) is 11.6 Å².